The van der Waals surface area contributed by atoms with Gasteiger partial charge >= 0.3 is 0 Å². The molecule has 0 saturated heterocycles. The molecule has 0 bridgehead atoms. The third-order valence-corrected chi connectivity index (χ3v) is 3.77. The van der Waals surface area contributed by atoms with Crippen LogP contribution in [0.15, 0.2) is 53.0 Å². The zero-order valence-corrected chi connectivity index (χ0v) is 13.8. The van der Waals surface area contributed by atoms with Gasteiger partial charge in [0.25, 0.3) is 0 Å². The van der Waals surface area contributed by atoms with E-state index >= 15 is 0 Å². The van der Waals surface area contributed by atoms with Crippen LogP contribution >= 0.6 is 15.9 Å². The van der Waals surface area contributed by atoms with Crippen LogP contribution in [0.2, 0.25) is 0 Å². The zero-order valence-electron chi connectivity index (χ0n) is 12.2. The number of halogens is 1. The number of benzene rings is 2. The van der Waals surface area contributed by atoms with Crippen LogP contribution in [0.5, 0.6) is 0 Å². The number of hydrogen-bond donors (Lipinski definition) is 2. The molecule has 1 atom stereocenters. The van der Waals surface area contributed by atoms with Crippen molar-refractivity contribution in [2.24, 2.45) is 0 Å². The molecule has 2 N–H and O–H groups in total. The average molecular weight is 347 g/mol. The molecule has 3 nitrogen and oxygen atoms in total. The SMILES string of the molecule is CC(=O)Nc1ccccc1CN[C@@H](C)c1cccc(Br)c1. The van der Waals surface area contributed by atoms with E-state index in [0.717, 1.165) is 15.7 Å². The smallest absolute Gasteiger partial charge is 0.221 e. The second kappa shape index (κ2) is 7.38. The van der Waals surface area contributed by atoms with Crippen molar-refractivity contribution < 1.29 is 4.79 Å². The standard InChI is InChI=1S/C17H19BrN2O/c1-12(14-7-5-8-16(18)10-14)19-11-15-6-3-4-9-17(15)20-13(2)21/h3-10,12,19H,11H2,1-2H3,(H,20,21)/t12-/m0/s1. The number of rotatable bonds is 5. The van der Waals surface area contributed by atoms with Gasteiger partial charge in [0.05, 0.1) is 0 Å². The van der Waals surface area contributed by atoms with Gasteiger partial charge in [0, 0.05) is 29.7 Å². The van der Waals surface area contributed by atoms with Gasteiger partial charge in [-0.2, -0.15) is 0 Å². The van der Waals surface area contributed by atoms with Crippen molar-refractivity contribution in [3.63, 3.8) is 0 Å². The van der Waals surface area contributed by atoms with Crippen LogP contribution in [0.3, 0.4) is 0 Å². The van der Waals surface area contributed by atoms with E-state index in [-0.39, 0.29) is 11.9 Å². The largest absolute Gasteiger partial charge is 0.326 e. The van der Waals surface area contributed by atoms with Crippen LogP contribution < -0.4 is 10.6 Å². The van der Waals surface area contributed by atoms with Crippen molar-refractivity contribution in [2.75, 3.05) is 5.32 Å². The minimum absolute atomic E-state index is 0.0533. The fraction of sp³-hybridized carbons (Fsp3) is 0.235. The van der Waals surface area contributed by atoms with Crippen LogP contribution in [-0.4, -0.2) is 5.91 Å². The van der Waals surface area contributed by atoms with E-state index in [4.69, 9.17) is 0 Å². The van der Waals surface area contributed by atoms with Gasteiger partial charge in [0.2, 0.25) is 5.91 Å². The molecule has 0 heterocycles. The summed E-state index contributed by atoms with van der Waals surface area (Å²) in [4.78, 5) is 11.2. The monoisotopic (exact) mass is 346 g/mol. The molecule has 0 aliphatic rings. The van der Waals surface area contributed by atoms with Gasteiger partial charge in [-0.15, -0.1) is 0 Å². The van der Waals surface area contributed by atoms with E-state index in [1.54, 1.807) is 0 Å². The van der Waals surface area contributed by atoms with Crippen molar-refractivity contribution in [2.45, 2.75) is 26.4 Å². The van der Waals surface area contributed by atoms with Crippen LogP contribution in [0, 0.1) is 0 Å². The van der Waals surface area contributed by atoms with E-state index in [9.17, 15) is 4.79 Å². The Morgan fingerprint density at radius 3 is 2.67 bits per heavy atom. The summed E-state index contributed by atoms with van der Waals surface area (Å²) in [5.74, 6) is -0.0533. The molecule has 2 aromatic rings. The fourth-order valence-electron chi connectivity index (χ4n) is 2.14. The van der Waals surface area contributed by atoms with Crippen molar-refractivity contribution in [3.05, 3.63) is 64.1 Å². The lowest BCUT2D eigenvalue weighted by molar-refractivity contribution is -0.114. The number of nitrogens with one attached hydrogen (secondary N) is 2. The van der Waals surface area contributed by atoms with Crippen molar-refractivity contribution in [1.82, 2.24) is 5.32 Å². The number of hydrogen-bond acceptors (Lipinski definition) is 2. The third-order valence-electron chi connectivity index (χ3n) is 3.28. The Hall–Kier alpha value is -1.65. The first-order valence-electron chi connectivity index (χ1n) is 6.90. The van der Waals surface area contributed by atoms with Gasteiger partial charge in [-0.3, -0.25) is 4.79 Å². The molecule has 2 aromatic carbocycles. The highest BCUT2D eigenvalue weighted by molar-refractivity contribution is 9.10. The van der Waals surface area contributed by atoms with E-state index in [2.05, 4.69) is 45.6 Å². The van der Waals surface area contributed by atoms with E-state index in [1.807, 2.05) is 36.4 Å². The topological polar surface area (TPSA) is 41.1 Å². The summed E-state index contributed by atoms with van der Waals surface area (Å²) in [5, 5.41) is 6.34. The third kappa shape index (κ3) is 4.69. The minimum Gasteiger partial charge on any atom is -0.326 e. The predicted molar refractivity (Wildman–Crippen MR) is 90.1 cm³/mol. The normalized spacial score (nSPS) is 12.0. The Morgan fingerprint density at radius 2 is 1.95 bits per heavy atom. The summed E-state index contributed by atoms with van der Waals surface area (Å²) in [7, 11) is 0. The van der Waals surface area contributed by atoms with E-state index < -0.39 is 0 Å². The Balaban J connectivity index is 2.04. The Kier molecular flexibility index (Phi) is 5.53. The first-order valence-corrected chi connectivity index (χ1v) is 7.70. The Bertz CT molecular complexity index is 628. The second-order valence-electron chi connectivity index (χ2n) is 5.00. The summed E-state index contributed by atoms with van der Waals surface area (Å²) in [6, 6.07) is 16.3. The van der Waals surface area contributed by atoms with Gasteiger partial charge in [-0.25, -0.2) is 0 Å². The predicted octanol–water partition coefficient (Wildman–Crippen LogP) is 4.26. The molecular formula is C17H19BrN2O. The number of carbonyl (C=O) groups excluding carboxylic acids is 1. The quantitative estimate of drug-likeness (QED) is 0.849. The fourth-order valence-corrected chi connectivity index (χ4v) is 2.56. The van der Waals surface area contributed by atoms with Crippen molar-refractivity contribution in [3.8, 4) is 0 Å². The number of para-hydroxylation sites is 1. The highest BCUT2D eigenvalue weighted by atomic mass is 79.9. The van der Waals surface area contributed by atoms with Gasteiger partial charge in [0.15, 0.2) is 0 Å². The maximum atomic E-state index is 11.2. The molecule has 0 aromatic heterocycles. The van der Waals surface area contributed by atoms with Gasteiger partial charge in [0.1, 0.15) is 0 Å². The lowest BCUT2D eigenvalue weighted by Crippen LogP contribution is -2.19. The summed E-state index contributed by atoms with van der Waals surface area (Å²) in [5.41, 5.74) is 3.16. The summed E-state index contributed by atoms with van der Waals surface area (Å²) >= 11 is 3.49. The molecule has 0 radical (unpaired) electrons. The molecule has 0 saturated carbocycles. The van der Waals surface area contributed by atoms with Crippen LogP contribution in [0.25, 0.3) is 0 Å². The summed E-state index contributed by atoms with van der Waals surface area (Å²) in [6.07, 6.45) is 0. The zero-order chi connectivity index (χ0) is 15.2. The van der Waals surface area contributed by atoms with Gasteiger partial charge in [-0.1, -0.05) is 46.3 Å². The number of anilines is 1. The van der Waals surface area contributed by atoms with Crippen LogP contribution in [0.4, 0.5) is 5.69 Å². The summed E-state index contributed by atoms with van der Waals surface area (Å²) < 4.78 is 1.08. The molecule has 1 amide bonds. The van der Waals surface area contributed by atoms with E-state index in [0.29, 0.717) is 6.54 Å². The molecule has 0 unspecified atom stereocenters. The minimum atomic E-state index is -0.0533. The van der Waals surface area contributed by atoms with Crippen LogP contribution in [0.1, 0.15) is 31.0 Å². The van der Waals surface area contributed by atoms with Gasteiger partial charge in [-0.05, 0) is 36.2 Å². The number of amides is 1. The molecule has 0 fully saturated rings. The lowest BCUT2D eigenvalue weighted by atomic mass is 10.1. The van der Waals surface area contributed by atoms with Crippen molar-refractivity contribution >= 4 is 27.5 Å². The summed E-state index contributed by atoms with van der Waals surface area (Å²) in [6.45, 7) is 4.35. The van der Waals surface area contributed by atoms with Gasteiger partial charge < -0.3 is 10.6 Å². The lowest BCUT2D eigenvalue weighted by Gasteiger charge is -2.16. The van der Waals surface area contributed by atoms with E-state index in [1.165, 1.54) is 12.5 Å². The Labute approximate surface area is 133 Å². The molecule has 110 valence electrons. The molecule has 0 spiro atoms. The highest BCUT2D eigenvalue weighted by Crippen LogP contribution is 2.20. The first kappa shape index (κ1) is 15.7. The van der Waals surface area contributed by atoms with Crippen LogP contribution in [-0.2, 0) is 11.3 Å². The maximum absolute atomic E-state index is 11.2. The molecular weight excluding hydrogens is 328 g/mol. The second-order valence-corrected chi connectivity index (χ2v) is 5.91. The molecule has 0 aliphatic heterocycles. The molecule has 2 rings (SSSR count). The molecule has 21 heavy (non-hydrogen) atoms. The maximum Gasteiger partial charge on any atom is 0.221 e. The van der Waals surface area contributed by atoms with Crippen molar-refractivity contribution in [1.29, 1.82) is 0 Å². The average Bonchev–Trinajstić information content (AvgIpc) is 2.45. The number of carbonyl (C=O) groups is 1. The first-order chi connectivity index (χ1) is 10.1. The highest BCUT2D eigenvalue weighted by Gasteiger charge is 2.08. The molecule has 4 heteroatoms. The Morgan fingerprint density at radius 1 is 1.19 bits per heavy atom. The molecule has 0 aliphatic carbocycles.